The van der Waals surface area contributed by atoms with Crippen molar-refractivity contribution in [3.05, 3.63) is 46.3 Å². The molecule has 0 unspecified atom stereocenters. The number of nitrogens with one attached hydrogen (secondary N) is 1. The Balaban J connectivity index is 2.25. The van der Waals surface area contributed by atoms with Gasteiger partial charge < -0.3 is 15.5 Å². The molecule has 17 heavy (non-hydrogen) atoms. The van der Waals surface area contributed by atoms with Crippen LogP contribution < -0.4 is 11.1 Å². The van der Waals surface area contributed by atoms with Gasteiger partial charge in [0.1, 0.15) is 0 Å². The van der Waals surface area contributed by atoms with Gasteiger partial charge in [-0.05, 0) is 24.3 Å². The van der Waals surface area contributed by atoms with Crippen LogP contribution in [0.3, 0.4) is 0 Å². The molecule has 0 saturated heterocycles. The largest absolute Gasteiger partial charge is 0.459 e. The predicted molar refractivity (Wildman–Crippen MR) is 67.5 cm³/mol. The first-order chi connectivity index (χ1) is 8.08. The SMILES string of the molecule is Nc1cc(Cl)c(NC(=O)c2ccco2)cc1Cl. The van der Waals surface area contributed by atoms with Crippen LogP contribution in [0.1, 0.15) is 10.6 Å². The molecule has 88 valence electrons. The van der Waals surface area contributed by atoms with Gasteiger partial charge in [0.05, 0.1) is 27.7 Å². The van der Waals surface area contributed by atoms with Gasteiger partial charge in [-0.25, -0.2) is 0 Å². The molecule has 1 amide bonds. The van der Waals surface area contributed by atoms with E-state index < -0.39 is 5.91 Å². The third-order valence-electron chi connectivity index (χ3n) is 2.08. The lowest BCUT2D eigenvalue weighted by Crippen LogP contribution is -2.11. The van der Waals surface area contributed by atoms with E-state index in [2.05, 4.69) is 5.32 Å². The Bertz CT molecular complexity index is 553. The first-order valence-electron chi connectivity index (χ1n) is 4.67. The molecule has 0 bridgehead atoms. The van der Waals surface area contributed by atoms with E-state index >= 15 is 0 Å². The van der Waals surface area contributed by atoms with E-state index in [9.17, 15) is 4.79 Å². The van der Waals surface area contributed by atoms with Crippen LogP contribution in [0.5, 0.6) is 0 Å². The van der Waals surface area contributed by atoms with Gasteiger partial charge in [-0.1, -0.05) is 23.2 Å². The second-order valence-corrected chi connectivity index (χ2v) is 4.10. The summed E-state index contributed by atoms with van der Waals surface area (Å²) in [6.07, 6.45) is 1.41. The highest BCUT2D eigenvalue weighted by atomic mass is 35.5. The number of rotatable bonds is 2. The van der Waals surface area contributed by atoms with Crippen LogP contribution in [0.25, 0.3) is 0 Å². The van der Waals surface area contributed by atoms with E-state index in [4.69, 9.17) is 33.4 Å². The highest BCUT2D eigenvalue weighted by Gasteiger charge is 2.12. The number of furan rings is 1. The van der Waals surface area contributed by atoms with Crippen molar-refractivity contribution < 1.29 is 9.21 Å². The van der Waals surface area contributed by atoms with Gasteiger partial charge in [-0.3, -0.25) is 4.79 Å². The second-order valence-electron chi connectivity index (χ2n) is 3.28. The lowest BCUT2D eigenvalue weighted by Gasteiger charge is -2.07. The number of hydrogen-bond acceptors (Lipinski definition) is 3. The molecule has 1 aromatic heterocycles. The summed E-state index contributed by atoms with van der Waals surface area (Å²) in [6.45, 7) is 0. The van der Waals surface area contributed by atoms with Crippen molar-refractivity contribution in [2.24, 2.45) is 0 Å². The molecular weight excluding hydrogens is 263 g/mol. The Labute approximate surface area is 107 Å². The fraction of sp³-hybridized carbons (Fsp3) is 0. The quantitative estimate of drug-likeness (QED) is 0.822. The summed E-state index contributed by atoms with van der Waals surface area (Å²) >= 11 is 11.8. The lowest BCUT2D eigenvalue weighted by molar-refractivity contribution is 0.0996. The Morgan fingerprint density at radius 3 is 2.71 bits per heavy atom. The normalized spacial score (nSPS) is 10.2. The first-order valence-corrected chi connectivity index (χ1v) is 5.43. The number of anilines is 2. The summed E-state index contributed by atoms with van der Waals surface area (Å²) in [5, 5.41) is 3.21. The molecule has 2 rings (SSSR count). The molecule has 1 heterocycles. The molecule has 0 aliphatic carbocycles. The third kappa shape index (κ3) is 2.54. The van der Waals surface area contributed by atoms with Crippen molar-refractivity contribution in [3.63, 3.8) is 0 Å². The molecule has 2 aromatic rings. The Morgan fingerprint density at radius 1 is 1.29 bits per heavy atom. The van der Waals surface area contributed by atoms with Crippen LogP contribution in [0, 0.1) is 0 Å². The van der Waals surface area contributed by atoms with E-state index in [0.29, 0.717) is 21.4 Å². The maximum absolute atomic E-state index is 11.7. The third-order valence-corrected chi connectivity index (χ3v) is 2.72. The molecule has 0 aliphatic rings. The van der Waals surface area contributed by atoms with Gasteiger partial charge in [0.15, 0.2) is 5.76 Å². The molecule has 4 nitrogen and oxygen atoms in total. The highest BCUT2D eigenvalue weighted by Crippen LogP contribution is 2.31. The van der Waals surface area contributed by atoms with Crippen LogP contribution in [-0.2, 0) is 0 Å². The van der Waals surface area contributed by atoms with Gasteiger partial charge in [-0.15, -0.1) is 0 Å². The Kier molecular flexibility index (Phi) is 3.26. The zero-order chi connectivity index (χ0) is 12.4. The summed E-state index contributed by atoms with van der Waals surface area (Å²) < 4.78 is 4.95. The van der Waals surface area contributed by atoms with Crippen molar-refractivity contribution in [2.45, 2.75) is 0 Å². The minimum absolute atomic E-state index is 0.189. The number of nitrogens with two attached hydrogens (primary N) is 1. The first kappa shape index (κ1) is 11.8. The van der Waals surface area contributed by atoms with Crippen LogP contribution in [0.2, 0.25) is 10.0 Å². The molecule has 0 spiro atoms. The number of halogens is 2. The van der Waals surface area contributed by atoms with Gasteiger partial charge in [0.25, 0.3) is 5.91 Å². The maximum atomic E-state index is 11.7. The van der Waals surface area contributed by atoms with E-state index in [1.165, 1.54) is 18.4 Å². The van der Waals surface area contributed by atoms with E-state index in [1.54, 1.807) is 12.1 Å². The van der Waals surface area contributed by atoms with E-state index in [1.807, 2.05) is 0 Å². The number of benzene rings is 1. The molecule has 0 atom stereocenters. The topological polar surface area (TPSA) is 68.3 Å². The monoisotopic (exact) mass is 270 g/mol. The predicted octanol–water partition coefficient (Wildman–Crippen LogP) is 3.42. The molecule has 0 saturated carbocycles. The minimum Gasteiger partial charge on any atom is -0.459 e. The molecular formula is C11H8Cl2N2O2. The minimum atomic E-state index is -0.405. The standard InChI is InChI=1S/C11H8Cl2N2O2/c12-6-5-9(7(13)4-8(6)14)15-11(16)10-2-1-3-17-10/h1-5H,14H2,(H,15,16). The smallest absolute Gasteiger partial charge is 0.291 e. The van der Waals surface area contributed by atoms with Crippen LogP contribution in [-0.4, -0.2) is 5.91 Å². The van der Waals surface area contributed by atoms with Gasteiger partial charge in [-0.2, -0.15) is 0 Å². The summed E-state index contributed by atoms with van der Waals surface area (Å²) in [5.41, 5.74) is 6.30. The van der Waals surface area contributed by atoms with Crippen LogP contribution >= 0.6 is 23.2 Å². The summed E-state index contributed by atoms with van der Waals surface area (Å²) in [5.74, 6) is -0.216. The molecule has 0 radical (unpaired) electrons. The fourth-order valence-corrected chi connectivity index (χ4v) is 1.63. The van der Waals surface area contributed by atoms with Gasteiger partial charge in [0.2, 0.25) is 0 Å². The fourth-order valence-electron chi connectivity index (χ4n) is 1.25. The average molecular weight is 271 g/mol. The van der Waals surface area contributed by atoms with E-state index in [0.717, 1.165) is 0 Å². The Morgan fingerprint density at radius 2 is 2.06 bits per heavy atom. The van der Waals surface area contributed by atoms with Crippen LogP contribution in [0.15, 0.2) is 34.9 Å². The Hall–Kier alpha value is -1.65. The van der Waals surface area contributed by atoms with Crippen molar-refractivity contribution in [1.29, 1.82) is 0 Å². The highest BCUT2D eigenvalue weighted by molar-refractivity contribution is 6.37. The van der Waals surface area contributed by atoms with Crippen molar-refractivity contribution in [2.75, 3.05) is 11.1 Å². The molecule has 3 N–H and O–H groups in total. The number of amides is 1. The van der Waals surface area contributed by atoms with Gasteiger partial charge >= 0.3 is 0 Å². The number of hydrogen-bond donors (Lipinski definition) is 2. The number of nitrogen functional groups attached to an aromatic ring is 1. The summed E-state index contributed by atoms with van der Waals surface area (Å²) in [6, 6.07) is 6.12. The number of carbonyl (C=O) groups excluding carboxylic acids is 1. The molecule has 0 fully saturated rings. The summed E-state index contributed by atoms with van der Waals surface area (Å²) in [4.78, 5) is 11.7. The van der Waals surface area contributed by atoms with Crippen molar-refractivity contribution in [3.8, 4) is 0 Å². The van der Waals surface area contributed by atoms with Crippen molar-refractivity contribution in [1.82, 2.24) is 0 Å². The van der Waals surface area contributed by atoms with Crippen LogP contribution in [0.4, 0.5) is 11.4 Å². The molecule has 6 heteroatoms. The maximum Gasteiger partial charge on any atom is 0.291 e. The second kappa shape index (κ2) is 4.69. The summed E-state index contributed by atoms with van der Waals surface area (Å²) in [7, 11) is 0. The molecule has 1 aromatic carbocycles. The van der Waals surface area contributed by atoms with Crippen molar-refractivity contribution >= 4 is 40.5 Å². The molecule has 0 aliphatic heterocycles. The lowest BCUT2D eigenvalue weighted by atomic mass is 10.2. The zero-order valence-electron chi connectivity index (χ0n) is 8.54. The number of carbonyl (C=O) groups is 1. The zero-order valence-corrected chi connectivity index (χ0v) is 10.0. The van der Waals surface area contributed by atoms with Gasteiger partial charge in [0, 0.05) is 0 Å². The van der Waals surface area contributed by atoms with E-state index in [-0.39, 0.29) is 5.76 Å². The average Bonchev–Trinajstić information content (AvgIpc) is 2.79.